The normalized spacial score (nSPS) is 20.0. The highest BCUT2D eigenvalue weighted by Crippen LogP contribution is 2.35. The van der Waals surface area contributed by atoms with E-state index in [9.17, 15) is 9.65 Å². The number of benzene rings is 2. The Bertz CT molecular complexity index is 1330. The van der Waals surface area contributed by atoms with Crippen LogP contribution in [0.2, 0.25) is 0 Å². The molecule has 0 spiro atoms. The van der Waals surface area contributed by atoms with E-state index in [4.69, 9.17) is 20.3 Å². The smallest absolute Gasteiger partial charge is 0.149 e. The molecule has 1 saturated heterocycles. The molecule has 1 saturated carbocycles. The van der Waals surface area contributed by atoms with E-state index in [1.54, 1.807) is 25.0 Å². The Morgan fingerprint density at radius 3 is 2.62 bits per heavy atom. The molecule has 0 unspecified atom stereocenters. The summed E-state index contributed by atoms with van der Waals surface area (Å²) in [4.78, 5) is 2.34. The number of nitrogens with one attached hydrogen (secondary N) is 1. The van der Waals surface area contributed by atoms with Gasteiger partial charge in [-0.2, -0.15) is 5.26 Å². The van der Waals surface area contributed by atoms with Crippen LogP contribution in [0.5, 0.6) is 5.75 Å². The number of aromatic nitrogens is 2. The molecule has 0 radical (unpaired) electrons. The van der Waals surface area contributed by atoms with Gasteiger partial charge in [-0.15, -0.1) is 5.10 Å². The molecule has 2 aromatic carbocycles. The number of nitriles is 1. The second-order valence-electron chi connectivity index (χ2n) is 10.6. The lowest BCUT2D eigenvalue weighted by Gasteiger charge is -2.33. The Morgan fingerprint density at radius 2 is 1.92 bits per heavy atom. The summed E-state index contributed by atoms with van der Waals surface area (Å²) in [5.74, 6) is 1.30. The maximum atomic E-state index is 14.6. The van der Waals surface area contributed by atoms with E-state index in [1.807, 2.05) is 24.3 Å². The molecular weight excluding hydrogens is 495 g/mol. The minimum Gasteiger partial charge on any atom is -0.494 e. The van der Waals surface area contributed by atoms with Crippen LogP contribution >= 0.6 is 0 Å². The molecule has 3 N–H and O–H groups in total. The highest BCUT2D eigenvalue weighted by molar-refractivity contribution is 5.69. The lowest BCUT2D eigenvalue weighted by Crippen LogP contribution is -2.36. The largest absolute Gasteiger partial charge is 0.494 e. The van der Waals surface area contributed by atoms with E-state index in [0.717, 1.165) is 69.5 Å². The number of nitrogens with zero attached hydrogens (tertiary/aromatic N) is 4. The topological polar surface area (TPSA) is 101 Å². The van der Waals surface area contributed by atoms with Crippen molar-refractivity contribution in [3.05, 3.63) is 53.8 Å². The van der Waals surface area contributed by atoms with Crippen molar-refractivity contribution in [1.29, 1.82) is 5.26 Å². The van der Waals surface area contributed by atoms with Crippen LogP contribution in [-0.2, 0) is 4.74 Å². The predicted molar refractivity (Wildman–Crippen MR) is 151 cm³/mol. The van der Waals surface area contributed by atoms with E-state index in [1.165, 1.54) is 12.1 Å². The zero-order chi connectivity index (χ0) is 27.4. The predicted octanol–water partition coefficient (Wildman–Crippen LogP) is 5.10. The van der Waals surface area contributed by atoms with E-state index in [-0.39, 0.29) is 11.6 Å². The van der Waals surface area contributed by atoms with Gasteiger partial charge in [0.2, 0.25) is 0 Å². The van der Waals surface area contributed by atoms with Gasteiger partial charge in [-0.25, -0.2) is 9.07 Å². The highest BCUT2D eigenvalue weighted by atomic mass is 19.1. The third kappa shape index (κ3) is 6.02. The Hall–Kier alpha value is -3.61. The molecule has 2 heterocycles. The number of halogens is 1. The van der Waals surface area contributed by atoms with Crippen LogP contribution in [0.25, 0.3) is 16.9 Å². The van der Waals surface area contributed by atoms with Gasteiger partial charge in [-0.05, 0) is 62.3 Å². The average molecular weight is 533 g/mol. The molecule has 0 amide bonds. The van der Waals surface area contributed by atoms with Crippen LogP contribution in [0.15, 0.2) is 42.5 Å². The SMILES string of the molecule is COc1cc(N2CCC(OC)CC2)ccc1-n1nc(NC[C@H]2CCC[C@H](N)C2)cc1-c1ccc(C#N)c(F)c1. The molecule has 206 valence electrons. The average Bonchev–Trinajstić information content (AvgIpc) is 3.40. The van der Waals surface area contributed by atoms with Crippen LogP contribution in [0.1, 0.15) is 44.1 Å². The van der Waals surface area contributed by atoms with E-state index in [0.29, 0.717) is 34.8 Å². The van der Waals surface area contributed by atoms with Crippen molar-refractivity contribution in [2.45, 2.75) is 50.7 Å². The first-order valence-corrected chi connectivity index (χ1v) is 13.7. The maximum absolute atomic E-state index is 14.6. The van der Waals surface area contributed by atoms with Crippen LogP contribution in [-0.4, -0.2) is 55.8 Å². The van der Waals surface area contributed by atoms with Crippen LogP contribution in [0.4, 0.5) is 15.9 Å². The second-order valence-corrected chi connectivity index (χ2v) is 10.6. The van der Waals surface area contributed by atoms with Gasteiger partial charge in [0.15, 0.2) is 0 Å². The molecule has 9 heteroatoms. The Morgan fingerprint density at radius 1 is 1.10 bits per heavy atom. The quantitative estimate of drug-likeness (QED) is 0.416. The number of nitrogens with two attached hydrogens (primary N) is 1. The van der Waals surface area contributed by atoms with Crippen molar-refractivity contribution in [3.63, 3.8) is 0 Å². The summed E-state index contributed by atoms with van der Waals surface area (Å²) in [5.41, 5.74) is 9.36. The number of anilines is 2. The first-order chi connectivity index (χ1) is 19.0. The molecule has 5 rings (SSSR count). The fourth-order valence-electron chi connectivity index (χ4n) is 5.78. The first kappa shape index (κ1) is 27.0. The van der Waals surface area contributed by atoms with Crippen molar-refractivity contribution < 1.29 is 13.9 Å². The third-order valence-electron chi connectivity index (χ3n) is 8.02. The monoisotopic (exact) mass is 532 g/mol. The van der Waals surface area contributed by atoms with Crippen molar-refractivity contribution in [3.8, 4) is 28.8 Å². The summed E-state index contributed by atoms with van der Waals surface area (Å²) in [5, 5.41) is 17.6. The van der Waals surface area contributed by atoms with Gasteiger partial charge >= 0.3 is 0 Å². The lowest BCUT2D eigenvalue weighted by molar-refractivity contribution is 0.0819. The van der Waals surface area contributed by atoms with E-state index in [2.05, 4.69) is 16.3 Å². The number of piperidine rings is 1. The Balaban J connectivity index is 1.47. The first-order valence-electron chi connectivity index (χ1n) is 13.7. The van der Waals surface area contributed by atoms with E-state index >= 15 is 0 Å². The fourth-order valence-corrected chi connectivity index (χ4v) is 5.78. The molecule has 1 aromatic heterocycles. The molecule has 1 aliphatic heterocycles. The minimum absolute atomic E-state index is 0.0102. The van der Waals surface area contributed by atoms with Crippen molar-refractivity contribution in [2.24, 2.45) is 11.7 Å². The summed E-state index contributed by atoms with van der Waals surface area (Å²) in [6.07, 6.45) is 6.63. The Kier molecular flexibility index (Phi) is 8.34. The van der Waals surface area contributed by atoms with Gasteiger partial charge in [-0.3, -0.25) is 0 Å². The van der Waals surface area contributed by atoms with Gasteiger partial charge in [0.1, 0.15) is 29.1 Å². The molecule has 2 fully saturated rings. The number of hydrogen-bond acceptors (Lipinski definition) is 7. The van der Waals surface area contributed by atoms with Gasteiger partial charge in [0, 0.05) is 56.2 Å². The summed E-state index contributed by atoms with van der Waals surface area (Å²) in [6.45, 7) is 2.61. The zero-order valence-corrected chi connectivity index (χ0v) is 22.7. The molecular formula is C30H37FN6O2. The molecule has 0 bridgehead atoms. The summed E-state index contributed by atoms with van der Waals surface area (Å²) < 4.78 is 27.8. The lowest BCUT2D eigenvalue weighted by atomic mass is 9.86. The minimum atomic E-state index is -0.560. The van der Waals surface area contributed by atoms with Crippen molar-refractivity contribution in [1.82, 2.24) is 9.78 Å². The van der Waals surface area contributed by atoms with Crippen LogP contribution in [0, 0.1) is 23.1 Å². The van der Waals surface area contributed by atoms with Gasteiger partial charge < -0.3 is 25.4 Å². The van der Waals surface area contributed by atoms with Crippen molar-refractivity contribution in [2.75, 3.05) is 44.1 Å². The molecule has 8 nitrogen and oxygen atoms in total. The van der Waals surface area contributed by atoms with E-state index < -0.39 is 5.82 Å². The molecule has 2 atom stereocenters. The standard InChI is InChI=1S/C30H37FN6O2/c1-38-25-10-12-36(13-11-25)24-8-9-27(29(16-24)39-2)37-28(21-6-7-22(18-32)26(31)15-21)17-30(35-37)34-19-20-4-3-5-23(33)14-20/h6-9,15-17,20,23,25H,3-5,10-14,19,33H2,1-2H3,(H,34,35)/t20-,23-/m0/s1. The number of ether oxygens (including phenoxy) is 2. The number of hydrogen-bond donors (Lipinski definition) is 2. The zero-order valence-electron chi connectivity index (χ0n) is 22.7. The maximum Gasteiger partial charge on any atom is 0.149 e. The number of methoxy groups -OCH3 is 2. The molecule has 1 aliphatic carbocycles. The summed E-state index contributed by atoms with van der Waals surface area (Å²) in [6, 6.07) is 14.8. The van der Waals surface area contributed by atoms with Crippen LogP contribution < -0.4 is 20.7 Å². The van der Waals surface area contributed by atoms with Crippen molar-refractivity contribution >= 4 is 11.5 Å². The van der Waals surface area contributed by atoms with Crippen LogP contribution in [0.3, 0.4) is 0 Å². The Labute approximate surface area is 229 Å². The fraction of sp³-hybridized carbons (Fsp3) is 0.467. The second kappa shape index (κ2) is 12.1. The highest BCUT2D eigenvalue weighted by Gasteiger charge is 2.23. The number of rotatable bonds is 8. The molecule has 2 aliphatic rings. The van der Waals surface area contributed by atoms with Gasteiger partial charge in [0.25, 0.3) is 0 Å². The van der Waals surface area contributed by atoms with Gasteiger partial charge in [0.05, 0.1) is 24.5 Å². The van der Waals surface area contributed by atoms with Gasteiger partial charge in [-0.1, -0.05) is 12.5 Å². The summed E-state index contributed by atoms with van der Waals surface area (Å²) >= 11 is 0. The third-order valence-corrected chi connectivity index (χ3v) is 8.02. The molecule has 39 heavy (non-hydrogen) atoms. The summed E-state index contributed by atoms with van der Waals surface area (Å²) in [7, 11) is 3.42. The molecule has 3 aromatic rings.